The zero-order valence-corrected chi connectivity index (χ0v) is 15.2. The van der Waals surface area contributed by atoms with Gasteiger partial charge < -0.3 is 4.74 Å². The molecule has 0 bridgehead atoms. The Bertz CT molecular complexity index is 952. The van der Waals surface area contributed by atoms with Crippen molar-refractivity contribution in [3.05, 3.63) is 53.6 Å². The number of hydrogen-bond acceptors (Lipinski definition) is 5. The highest BCUT2D eigenvalue weighted by Gasteiger charge is 2.41. The number of anilines is 1. The fraction of sp³-hybridized carbons (Fsp3) is 0.200. The van der Waals surface area contributed by atoms with E-state index >= 15 is 0 Å². The van der Waals surface area contributed by atoms with Crippen molar-refractivity contribution in [3.63, 3.8) is 0 Å². The number of barbiturate groups is 1. The normalized spacial score (nSPS) is 17.4. The SMILES string of the molecule is COc1ccccc1N1C(=O)NC(=O)[C@@H](C=Nc2ccc(C)cc2C)C1=O. The molecule has 0 radical (unpaired) electrons. The molecule has 1 aliphatic heterocycles. The van der Waals surface area contributed by atoms with Gasteiger partial charge in [0.2, 0.25) is 5.91 Å². The summed E-state index contributed by atoms with van der Waals surface area (Å²) < 4.78 is 5.22. The van der Waals surface area contributed by atoms with Crippen LogP contribution in [0, 0.1) is 19.8 Å². The molecular weight excluding hydrogens is 346 g/mol. The number of rotatable bonds is 4. The zero-order chi connectivity index (χ0) is 19.6. The maximum absolute atomic E-state index is 12.9. The summed E-state index contributed by atoms with van der Waals surface area (Å²) in [6, 6.07) is 11.5. The van der Waals surface area contributed by atoms with Crippen LogP contribution in [0.4, 0.5) is 16.2 Å². The van der Waals surface area contributed by atoms with E-state index in [2.05, 4.69) is 10.3 Å². The second-order valence-electron chi connectivity index (χ2n) is 6.19. The average Bonchev–Trinajstić information content (AvgIpc) is 2.63. The second-order valence-corrected chi connectivity index (χ2v) is 6.19. The third kappa shape index (κ3) is 3.57. The van der Waals surface area contributed by atoms with E-state index in [-0.39, 0.29) is 5.69 Å². The van der Waals surface area contributed by atoms with E-state index in [0.29, 0.717) is 11.4 Å². The lowest BCUT2D eigenvalue weighted by molar-refractivity contribution is -0.131. The summed E-state index contributed by atoms with van der Waals surface area (Å²) in [5.74, 6) is -2.25. The molecule has 3 rings (SSSR count). The first-order chi connectivity index (χ1) is 12.9. The molecule has 27 heavy (non-hydrogen) atoms. The van der Waals surface area contributed by atoms with Crippen LogP contribution in [0.25, 0.3) is 0 Å². The minimum atomic E-state index is -1.21. The largest absolute Gasteiger partial charge is 0.495 e. The third-order valence-corrected chi connectivity index (χ3v) is 4.24. The van der Waals surface area contributed by atoms with Gasteiger partial charge in [-0.05, 0) is 37.6 Å². The van der Waals surface area contributed by atoms with Gasteiger partial charge in [-0.1, -0.05) is 29.8 Å². The zero-order valence-electron chi connectivity index (χ0n) is 15.2. The molecule has 7 heteroatoms. The third-order valence-electron chi connectivity index (χ3n) is 4.24. The Morgan fingerprint density at radius 1 is 1.11 bits per heavy atom. The Balaban J connectivity index is 1.94. The van der Waals surface area contributed by atoms with Gasteiger partial charge in [0.05, 0.1) is 18.5 Å². The minimum absolute atomic E-state index is 0.264. The van der Waals surface area contributed by atoms with Crippen LogP contribution >= 0.6 is 0 Å². The Morgan fingerprint density at radius 3 is 2.56 bits per heavy atom. The first kappa shape index (κ1) is 18.3. The maximum Gasteiger partial charge on any atom is 0.335 e. The molecule has 0 unspecified atom stereocenters. The Hall–Kier alpha value is -3.48. The van der Waals surface area contributed by atoms with Crippen LogP contribution in [-0.4, -0.2) is 31.2 Å². The van der Waals surface area contributed by atoms with Crippen molar-refractivity contribution in [2.24, 2.45) is 10.9 Å². The number of methoxy groups -OCH3 is 1. The van der Waals surface area contributed by atoms with Crippen LogP contribution < -0.4 is 15.0 Å². The lowest BCUT2D eigenvalue weighted by Gasteiger charge is -2.29. The molecule has 1 N–H and O–H groups in total. The van der Waals surface area contributed by atoms with E-state index < -0.39 is 23.8 Å². The molecule has 0 spiro atoms. The smallest absolute Gasteiger partial charge is 0.335 e. The highest BCUT2D eigenvalue weighted by atomic mass is 16.5. The summed E-state index contributed by atoms with van der Waals surface area (Å²) in [6.07, 6.45) is 1.27. The number of imide groups is 2. The molecule has 138 valence electrons. The van der Waals surface area contributed by atoms with Crippen molar-refractivity contribution in [1.29, 1.82) is 0 Å². The van der Waals surface area contributed by atoms with Gasteiger partial charge in [0.15, 0.2) is 5.92 Å². The molecular formula is C20H19N3O4. The van der Waals surface area contributed by atoms with Gasteiger partial charge in [-0.3, -0.25) is 19.9 Å². The number of benzene rings is 2. The molecule has 1 heterocycles. The number of nitrogens with zero attached hydrogens (tertiary/aromatic N) is 2. The molecule has 2 aromatic carbocycles. The molecule has 0 aliphatic carbocycles. The van der Waals surface area contributed by atoms with Gasteiger partial charge in [0.1, 0.15) is 5.75 Å². The molecule has 1 aliphatic rings. The summed E-state index contributed by atoms with van der Waals surface area (Å²) in [5, 5.41) is 2.20. The van der Waals surface area contributed by atoms with Gasteiger partial charge in [0.25, 0.3) is 5.91 Å². The van der Waals surface area contributed by atoms with Crippen molar-refractivity contribution in [2.75, 3.05) is 12.0 Å². The molecule has 4 amide bonds. The lowest BCUT2D eigenvalue weighted by atomic mass is 10.1. The van der Waals surface area contributed by atoms with Crippen molar-refractivity contribution >= 4 is 35.4 Å². The van der Waals surface area contributed by atoms with Crippen molar-refractivity contribution in [3.8, 4) is 5.75 Å². The monoisotopic (exact) mass is 365 g/mol. The molecule has 7 nitrogen and oxygen atoms in total. The number of ether oxygens (including phenoxy) is 1. The van der Waals surface area contributed by atoms with Gasteiger partial charge in [-0.15, -0.1) is 0 Å². The van der Waals surface area contributed by atoms with E-state index in [1.807, 2.05) is 32.0 Å². The van der Waals surface area contributed by atoms with Crippen LogP contribution in [-0.2, 0) is 9.59 Å². The fourth-order valence-electron chi connectivity index (χ4n) is 2.87. The predicted octanol–water partition coefficient (Wildman–Crippen LogP) is 2.91. The van der Waals surface area contributed by atoms with Gasteiger partial charge in [-0.25, -0.2) is 9.69 Å². The quantitative estimate of drug-likeness (QED) is 0.666. The predicted molar refractivity (Wildman–Crippen MR) is 102 cm³/mol. The highest BCUT2D eigenvalue weighted by Crippen LogP contribution is 2.30. The first-order valence-electron chi connectivity index (χ1n) is 8.35. The molecule has 1 saturated heterocycles. The number of amides is 4. The van der Waals surface area contributed by atoms with E-state index in [4.69, 9.17) is 4.74 Å². The standard InChI is InChI=1S/C20H19N3O4/c1-12-8-9-15(13(2)10-12)21-11-14-18(24)22-20(26)23(19(14)25)16-6-4-5-7-17(16)27-3/h4-11,14H,1-3H3,(H,22,24,26)/t14-/m1/s1. The summed E-state index contributed by atoms with van der Waals surface area (Å²) >= 11 is 0. The minimum Gasteiger partial charge on any atom is -0.495 e. The van der Waals surface area contributed by atoms with Crippen LogP contribution in [0.3, 0.4) is 0 Å². The Labute approximate surface area is 156 Å². The van der Waals surface area contributed by atoms with Crippen molar-refractivity contribution in [1.82, 2.24) is 5.32 Å². The number of urea groups is 1. The number of para-hydroxylation sites is 2. The number of hydrogen-bond donors (Lipinski definition) is 1. The first-order valence-corrected chi connectivity index (χ1v) is 8.35. The molecule has 0 saturated carbocycles. The molecule has 0 aromatic heterocycles. The van der Waals surface area contributed by atoms with Crippen LogP contribution in [0.1, 0.15) is 11.1 Å². The van der Waals surface area contributed by atoms with Crippen LogP contribution in [0.15, 0.2) is 47.5 Å². The Morgan fingerprint density at radius 2 is 1.85 bits per heavy atom. The van der Waals surface area contributed by atoms with E-state index in [1.54, 1.807) is 24.3 Å². The highest BCUT2D eigenvalue weighted by molar-refractivity contribution is 6.33. The second kappa shape index (κ2) is 7.41. The van der Waals surface area contributed by atoms with Crippen LogP contribution in [0.2, 0.25) is 0 Å². The van der Waals surface area contributed by atoms with Crippen LogP contribution in [0.5, 0.6) is 5.75 Å². The van der Waals surface area contributed by atoms with Crippen molar-refractivity contribution < 1.29 is 19.1 Å². The molecule has 2 aromatic rings. The number of nitrogens with one attached hydrogen (secondary N) is 1. The number of aliphatic imine (C=N–C) groups is 1. The number of carbonyl (C=O) groups is 3. The number of aryl methyl sites for hydroxylation is 2. The fourth-order valence-corrected chi connectivity index (χ4v) is 2.87. The average molecular weight is 365 g/mol. The van der Waals surface area contributed by atoms with Crippen molar-refractivity contribution in [2.45, 2.75) is 13.8 Å². The molecule has 1 atom stereocenters. The van der Waals surface area contributed by atoms with Gasteiger partial charge >= 0.3 is 6.03 Å². The molecule has 1 fully saturated rings. The summed E-state index contributed by atoms with van der Waals surface area (Å²) in [6.45, 7) is 3.86. The van der Waals surface area contributed by atoms with E-state index in [9.17, 15) is 14.4 Å². The van der Waals surface area contributed by atoms with E-state index in [1.165, 1.54) is 13.3 Å². The van der Waals surface area contributed by atoms with Gasteiger partial charge in [0, 0.05) is 6.21 Å². The van der Waals surface area contributed by atoms with E-state index in [0.717, 1.165) is 16.0 Å². The maximum atomic E-state index is 12.9. The summed E-state index contributed by atoms with van der Waals surface area (Å²) in [4.78, 5) is 42.5. The summed E-state index contributed by atoms with van der Waals surface area (Å²) in [5.41, 5.74) is 2.93. The van der Waals surface area contributed by atoms with Gasteiger partial charge in [-0.2, -0.15) is 0 Å². The number of carbonyl (C=O) groups excluding carboxylic acids is 3. The topological polar surface area (TPSA) is 88.1 Å². The lowest BCUT2D eigenvalue weighted by Crippen LogP contribution is -2.58. The summed E-state index contributed by atoms with van der Waals surface area (Å²) in [7, 11) is 1.44. The Kier molecular flexibility index (Phi) is 5.03.